The van der Waals surface area contributed by atoms with Gasteiger partial charge in [0.05, 0.1) is 5.39 Å². The van der Waals surface area contributed by atoms with Crippen LogP contribution < -0.4 is 5.32 Å². The van der Waals surface area contributed by atoms with Crippen molar-refractivity contribution in [3.63, 3.8) is 0 Å². The SMILES string of the molecule is CC(CNc1nc(Cl)nc2sccc12)C1CC1. The molecule has 1 fully saturated rings. The Morgan fingerprint density at radius 1 is 1.53 bits per heavy atom. The van der Waals surface area contributed by atoms with Crippen LogP contribution in [0.5, 0.6) is 0 Å². The molecule has 17 heavy (non-hydrogen) atoms. The Labute approximate surface area is 109 Å². The number of anilines is 1. The second-order valence-electron chi connectivity index (χ2n) is 4.68. The van der Waals surface area contributed by atoms with Crippen LogP contribution in [0.4, 0.5) is 5.82 Å². The van der Waals surface area contributed by atoms with Gasteiger partial charge in [0.15, 0.2) is 0 Å². The highest BCUT2D eigenvalue weighted by molar-refractivity contribution is 7.16. The van der Waals surface area contributed by atoms with Crippen LogP contribution in [0.3, 0.4) is 0 Å². The Morgan fingerprint density at radius 2 is 2.35 bits per heavy atom. The molecular weight excluding hydrogens is 254 g/mol. The summed E-state index contributed by atoms with van der Waals surface area (Å²) in [4.78, 5) is 9.43. The maximum Gasteiger partial charge on any atom is 0.225 e. The molecule has 0 aromatic carbocycles. The van der Waals surface area contributed by atoms with Crippen molar-refractivity contribution in [2.75, 3.05) is 11.9 Å². The highest BCUT2D eigenvalue weighted by atomic mass is 35.5. The Bertz CT molecular complexity index is 536. The summed E-state index contributed by atoms with van der Waals surface area (Å²) in [5.41, 5.74) is 0. The Morgan fingerprint density at radius 3 is 3.12 bits per heavy atom. The van der Waals surface area contributed by atoms with Gasteiger partial charge in [-0.15, -0.1) is 11.3 Å². The number of rotatable bonds is 4. The summed E-state index contributed by atoms with van der Waals surface area (Å²) in [6, 6.07) is 2.04. The monoisotopic (exact) mass is 267 g/mol. The second-order valence-corrected chi connectivity index (χ2v) is 5.91. The van der Waals surface area contributed by atoms with E-state index in [0.29, 0.717) is 11.2 Å². The fourth-order valence-electron chi connectivity index (χ4n) is 2.05. The highest BCUT2D eigenvalue weighted by Gasteiger charge is 2.27. The molecule has 1 aliphatic carbocycles. The molecule has 5 heteroatoms. The van der Waals surface area contributed by atoms with Crippen molar-refractivity contribution in [1.29, 1.82) is 0 Å². The van der Waals surface area contributed by atoms with Gasteiger partial charge in [0.2, 0.25) is 5.28 Å². The van der Waals surface area contributed by atoms with E-state index in [1.165, 1.54) is 12.8 Å². The summed E-state index contributed by atoms with van der Waals surface area (Å²) in [5.74, 6) is 2.48. The predicted molar refractivity (Wildman–Crippen MR) is 72.8 cm³/mol. The first-order chi connectivity index (χ1) is 8.24. The molecule has 0 aliphatic heterocycles. The van der Waals surface area contributed by atoms with Crippen LogP contribution in [-0.2, 0) is 0 Å². The topological polar surface area (TPSA) is 37.8 Å². The maximum atomic E-state index is 5.92. The lowest BCUT2D eigenvalue weighted by molar-refractivity contribution is 0.536. The zero-order valence-corrected chi connectivity index (χ0v) is 11.2. The molecule has 2 aromatic heterocycles. The van der Waals surface area contributed by atoms with Crippen LogP contribution in [0.25, 0.3) is 10.2 Å². The third-order valence-electron chi connectivity index (χ3n) is 3.32. The summed E-state index contributed by atoms with van der Waals surface area (Å²) < 4.78 is 0. The summed E-state index contributed by atoms with van der Waals surface area (Å²) in [6.45, 7) is 3.25. The summed E-state index contributed by atoms with van der Waals surface area (Å²) in [7, 11) is 0. The molecule has 2 heterocycles. The van der Waals surface area contributed by atoms with Crippen LogP contribution >= 0.6 is 22.9 Å². The van der Waals surface area contributed by atoms with E-state index in [4.69, 9.17) is 11.6 Å². The molecule has 1 atom stereocenters. The second kappa shape index (κ2) is 4.42. The fraction of sp³-hybridized carbons (Fsp3) is 0.500. The minimum absolute atomic E-state index is 0.321. The number of halogens is 1. The lowest BCUT2D eigenvalue weighted by Crippen LogP contribution is -2.14. The summed E-state index contributed by atoms with van der Waals surface area (Å²) >= 11 is 7.51. The van der Waals surface area contributed by atoms with Gasteiger partial charge >= 0.3 is 0 Å². The van der Waals surface area contributed by atoms with Gasteiger partial charge in [0.25, 0.3) is 0 Å². The van der Waals surface area contributed by atoms with Crippen molar-refractivity contribution >= 4 is 39.0 Å². The van der Waals surface area contributed by atoms with Gasteiger partial charge in [0, 0.05) is 6.54 Å². The molecule has 90 valence electrons. The normalized spacial score (nSPS) is 17.3. The van der Waals surface area contributed by atoms with Gasteiger partial charge in [-0.05, 0) is 47.7 Å². The molecule has 0 saturated heterocycles. The van der Waals surface area contributed by atoms with Gasteiger partial charge < -0.3 is 5.32 Å². The van der Waals surface area contributed by atoms with Crippen molar-refractivity contribution in [3.8, 4) is 0 Å². The number of nitrogens with one attached hydrogen (secondary N) is 1. The average Bonchev–Trinajstić information content (AvgIpc) is 3.05. The van der Waals surface area contributed by atoms with Crippen LogP contribution in [0.1, 0.15) is 19.8 Å². The van der Waals surface area contributed by atoms with E-state index in [-0.39, 0.29) is 0 Å². The van der Waals surface area contributed by atoms with Crippen molar-refractivity contribution in [2.24, 2.45) is 11.8 Å². The van der Waals surface area contributed by atoms with E-state index in [0.717, 1.165) is 28.5 Å². The number of thiophene rings is 1. The Kier molecular flexibility index (Phi) is 2.92. The molecule has 1 N–H and O–H groups in total. The van der Waals surface area contributed by atoms with Crippen LogP contribution in [0.2, 0.25) is 5.28 Å². The zero-order valence-electron chi connectivity index (χ0n) is 9.61. The molecule has 0 amide bonds. The van der Waals surface area contributed by atoms with Gasteiger partial charge in [-0.3, -0.25) is 0 Å². The smallest absolute Gasteiger partial charge is 0.225 e. The molecule has 3 nitrogen and oxygen atoms in total. The average molecular weight is 268 g/mol. The Balaban J connectivity index is 1.80. The molecule has 1 aliphatic rings. The van der Waals surface area contributed by atoms with Crippen molar-refractivity contribution in [3.05, 3.63) is 16.7 Å². The summed E-state index contributed by atoms with van der Waals surface area (Å²) in [6.07, 6.45) is 2.75. The molecule has 2 aromatic rings. The predicted octanol–water partition coefficient (Wildman–Crippen LogP) is 3.80. The summed E-state index contributed by atoms with van der Waals surface area (Å²) in [5, 5.41) is 6.82. The number of hydrogen-bond acceptors (Lipinski definition) is 4. The first kappa shape index (κ1) is 11.2. The fourth-order valence-corrected chi connectivity index (χ4v) is 3.04. The van der Waals surface area contributed by atoms with E-state index in [2.05, 4.69) is 22.2 Å². The lowest BCUT2D eigenvalue weighted by Gasteiger charge is -2.12. The van der Waals surface area contributed by atoms with E-state index in [1.54, 1.807) is 11.3 Å². The number of hydrogen-bond donors (Lipinski definition) is 1. The minimum atomic E-state index is 0.321. The van der Waals surface area contributed by atoms with E-state index in [9.17, 15) is 0 Å². The van der Waals surface area contributed by atoms with Crippen molar-refractivity contribution < 1.29 is 0 Å². The highest BCUT2D eigenvalue weighted by Crippen LogP contribution is 2.36. The first-order valence-corrected chi connectivity index (χ1v) is 7.14. The minimum Gasteiger partial charge on any atom is -0.369 e. The standard InChI is InChI=1S/C12H14ClN3S/c1-7(8-2-3-8)6-14-10-9-4-5-17-11(9)16-12(13)15-10/h4-5,7-8H,2-3,6H2,1H3,(H,14,15,16). The van der Waals surface area contributed by atoms with E-state index in [1.807, 2.05) is 11.4 Å². The quantitative estimate of drug-likeness (QED) is 0.856. The lowest BCUT2D eigenvalue weighted by atomic mass is 10.1. The van der Waals surface area contributed by atoms with E-state index >= 15 is 0 Å². The largest absolute Gasteiger partial charge is 0.369 e. The third-order valence-corrected chi connectivity index (χ3v) is 4.29. The van der Waals surface area contributed by atoms with Gasteiger partial charge in [-0.2, -0.15) is 0 Å². The molecule has 1 unspecified atom stereocenters. The number of nitrogens with zero attached hydrogens (tertiary/aromatic N) is 2. The molecule has 0 bridgehead atoms. The molecule has 0 spiro atoms. The van der Waals surface area contributed by atoms with Crippen molar-refractivity contribution in [2.45, 2.75) is 19.8 Å². The number of fused-ring (bicyclic) bond motifs is 1. The molecule has 3 rings (SSSR count). The van der Waals surface area contributed by atoms with Gasteiger partial charge in [-0.1, -0.05) is 6.92 Å². The number of aromatic nitrogens is 2. The van der Waals surface area contributed by atoms with Crippen LogP contribution in [0, 0.1) is 11.8 Å². The van der Waals surface area contributed by atoms with Gasteiger partial charge in [-0.25, -0.2) is 9.97 Å². The molecular formula is C12H14ClN3S. The van der Waals surface area contributed by atoms with Crippen LogP contribution in [0.15, 0.2) is 11.4 Å². The van der Waals surface area contributed by atoms with Gasteiger partial charge in [0.1, 0.15) is 10.6 Å². The third kappa shape index (κ3) is 2.38. The van der Waals surface area contributed by atoms with Crippen molar-refractivity contribution in [1.82, 2.24) is 9.97 Å². The molecule has 1 saturated carbocycles. The van der Waals surface area contributed by atoms with Crippen LogP contribution in [-0.4, -0.2) is 16.5 Å². The first-order valence-electron chi connectivity index (χ1n) is 5.88. The maximum absolute atomic E-state index is 5.92. The molecule has 0 radical (unpaired) electrons. The van der Waals surface area contributed by atoms with E-state index < -0.39 is 0 Å². The zero-order chi connectivity index (χ0) is 11.8. The Hall–Kier alpha value is -0.870.